The van der Waals surface area contributed by atoms with Crippen LogP contribution in [0.2, 0.25) is 0 Å². The molecule has 0 aliphatic carbocycles. The van der Waals surface area contributed by atoms with Gasteiger partial charge in [0.1, 0.15) is 11.5 Å². The quantitative estimate of drug-likeness (QED) is 0.785. The molecule has 0 heterocycles. The predicted molar refractivity (Wildman–Crippen MR) is 62.2 cm³/mol. The van der Waals surface area contributed by atoms with Crippen LogP contribution >= 0.6 is 0 Å². The first-order chi connectivity index (χ1) is 7.63. The molecule has 3 nitrogen and oxygen atoms in total. The number of hydrogen-bond acceptors (Lipinski definition) is 3. The highest BCUT2D eigenvalue weighted by Crippen LogP contribution is 2.32. The molecule has 0 saturated heterocycles. The number of ketones is 1. The van der Waals surface area contributed by atoms with Gasteiger partial charge in [-0.3, -0.25) is 4.79 Å². The second-order valence-electron chi connectivity index (χ2n) is 3.60. The number of carbonyl (C=O) groups is 1. The number of phenols is 1. The standard InChI is InChI=1S/C13H12O3/c1-8(14)9-3-4-10-11(7-9)13(16-2)6-5-12(10)15/h3-7,15H,1-2H3. The maximum atomic E-state index is 11.3. The van der Waals surface area contributed by atoms with Gasteiger partial charge in [0.05, 0.1) is 7.11 Å². The lowest BCUT2D eigenvalue weighted by Gasteiger charge is -2.08. The van der Waals surface area contributed by atoms with Crippen LogP contribution in [0.4, 0.5) is 0 Å². The molecule has 2 rings (SSSR count). The van der Waals surface area contributed by atoms with Gasteiger partial charge in [0.15, 0.2) is 5.78 Å². The van der Waals surface area contributed by atoms with Gasteiger partial charge in [-0.1, -0.05) is 6.07 Å². The molecule has 1 N–H and O–H groups in total. The number of aromatic hydroxyl groups is 1. The molecule has 0 bridgehead atoms. The molecule has 0 aliphatic rings. The number of fused-ring (bicyclic) bond motifs is 1. The summed E-state index contributed by atoms with van der Waals surface area (Å²) in [7, 11) is 1.56. The van der Waals surface area contributed by atoms with E-state index in [2.05, 4.69) is 0 Å². The first-order valence-corrected chi connectivity index (χ1v) is 4.94. The van der Waals surface area contributed by atoms with E-state index in [9.17, 15) is 9.90 Å². The van der Waals surface area contributed by atoms with Crippen LogP contribution in [0.3, 0.4) is 0 Å². The van der Waals surface area contributed by atoms with Crippen molar-refractivity contribution in [2.24, 2.45) is 0 Å². The molecule has 16 heavy (non-hydrogen) atoms. The third kappa shape index (κ3) is 1.60. The fourth-order valence-electron chi connectivity index (χ4n) is 1.70. The van der Waals surface area contributed by atoms with Gasteiger partial charge in [-0.15, -0.1) is 0 Å². The number of rotatable bonds is 2. The number of ether oxygens (including phenoxy) is 1. The predicted octanol–water partition coefficient (Wildman–Crippen LogP) is 2.76. The van der Waals surface area contributed by atoms with Crippen molar-refractivity contribution in [3.05, 3.63) is 35.9 Å². The highest BCUT2D eigenvalue weighted by Gasteiger charge is 2.08. The normalized spacial score (nSPS) is 10.4. The van der Waals surface area contributed by atoms with E-state index in [1.165, 1.54) is 6.92 Å². The smallest absolute Gasteiger partial charge is 0.159 e. The summed E-state index contributed by atoms with van der Waals surface area (Å²) in [5.74, 6) is 0.828. The Labute approximate surface area is 93.3 Å². The summed E-state index contributed by atoms with van der Waals surface area (Å²) in [6.07, 6.45) is 0. The van der Waals surface area contributed by atoms with Crippen LogP contribution in [0.25, 0.3) is 10.8 Å². The lowest BCUT2D eigenvalue weighted by atomic mass is 10.0. The minimum Gasteiger partial charge on any atom is -0.507 e. The van der Waals surface area contributed by atoms with Crippen LogP contribution in [-0.2, 0) is 0 Å². The van der Waals surface area contributed by atoms with Gasteiger partial charge in [0.2, 0.25) is 0 Å². The highest BCUT2D eigenvalue weighted by molar-refractivity contribution is 6.01. The molecule has 3 heteroatoms. The fraction of sp³-hybridized carbons (Fsp3) is 0.154. The Balaban J connectivity index is 2.79. The van der Waals surface area contributed by atoms with Gasteiger partial charge in [-0.05, 0) is 31.2 Å². The Kier molecular flexibility index (Phi) is 2.52. The lowest BCUT2D eigenvalue weighted by molar-refractivity contribution is 0.101. The van der Waals surface area contributed by atoms with Gasteiger partial charge in [0, 0.05) is 16.3 Å². The molecule has 0 saturated carbocycles. The van der Waals surface area contributed by atoms with Crippen molar-refractivity contribution in [3.63, 3.8) is 0 Å². The number of carbonyl (C=O) groups excluding carboxylic acids is 1. The highest BCUT2D eigenvalue weighted by atomic mass is 16.5. The van der Waals surface area contributed by atoms with E-state index < -0.39 is 0 Å². The molecular weight excluding hydrogens is 204 g/mol. The zero-order chi connectivity index (χ0) is 11.7. The van der Waals surface area contributed by atoms with Gasteiger partial charge >= 0.3 is 0 Å². The molecule has 0 spiro atoms. The van der Waals surface area contributed by atoms with E-state index in [0.717, 1.165) is 5.39 Å². The van der Waals surface area contributed by atoms with Gasteiger partial charge < -0.3 is 9.84 Å². The Morgan fingerprint density at radius 2 is 1.94 bits per heavy atom. The SMILES string of the molecule is COc1ccc(O)c2ccc(C(C)=O)cc12. The van der Waals surface area contributed by atoms with E-state index in [4.69, 9.17) is 4.74 Å². The lowest BCUT2D eigenvalue weighted by Crippen LogP contribution is -1.92. The average molecular weight is 216 g/mol. The van der Waals surface area contributed by atoms with E-state index in [1.54, 1.807) is 37.4 Å². The fourth-order valence-corrected chi connectivity index (χ4v) is 1.70. The van der Waals surface area contributed by atoms with Crippen LogP contribution in [0.5, 0.6) is 11.5 Å². The average Bonchev–Trinajstić information content (AvgIpc) is 2.29. The minimum absolute atomic E-state index is 0.00713. The van der Waals surface area contributed by atoms with Crippen molar-refractivity contribution in [2.75, 3.05) is 7.11 Å². The Morgan fingerprint density at radius 1 is 1.19 bits per heavy atom. The summed E-state index contributed by atoms with van der Waals surface area (Å²) in [5.41, 5.74) is 0.608. The number of Topliss-reactive ketones (excluding diaryl/α,β-unsaturated/α-hetero) is 1. The summed E-state index contributed by atoms with van der Waals surface area (Å²) in [6.45, 7) is 1.51. The third-order valence-electron chi connectivity index (χ3n) is 2.58. The van der Waals surface area contributed by atoms with Crippen LogP contribution in [-0.4, -0.2) is 18.0 Å². The van der Waals surface area contributed by atoms with Crippen molar-refractivity contribution in [3.8, 4) is 11.5 Å². The first-order valence-electron chi connectivity index (χ1n) is 4.94. The third-order valence-corrected chi connectivity index (χ3v) is 2.58. The van der Waals surface area contributed by atoms with Crippen molar-refractivity contribution < 1.29 is 14.6 Å². The topological polar surface area (TPSA) is 46.5 Å². The zero-order valence-electron chi connectivity index (χ0n) is 9.15. The number of phenolic OH excluding ortho intramolecular Hbond substituents is 1. The summed E-state index contributed by atoms with van der Waals surface area (Å²) in [5, 5.41) is 11.1. The maximum absolute atomic E-state index is 11.3. The Bertz CT molecular complexity index is 558. The van der Waals surface area contributed by atoms with Gasteiger partial charge in [-0.25, -0.2) is 0 Å². The van der Waals surface area contributed by atoms with Gasteiger partial charge in [0.25, 0.3) is 0 Å². The summed E-state index contributed by atoms with van der Waals surface area (Å²) in [6, 6.07) is 8.42. The minimum atomic E-state index is -0.00713. The molecule has 0 atom stereocenters. The monoisotopic (exact) mass is 216 g/mol. The molecule has 0 aliphatic heterocycles. The molecule has 0 radical (unpaired) electrons. The molecule has 0 amide bonds. The van der Waals surface area contributed by atoms with Crippen molar-refractivity contribution in [1.29, 1.82) is 0 Å². The Morgan fingerprint density at radius 3 is 2.56 bits per heavy atom. The zero-order valence-corrected chi connectivity index (χ0v) is 9.15. The van der Waals surface area contributed by atoms with Crippen molar-refractivity contribution in [1.82, 2.24) is 0 Å². The van der Waals surface area contributed by atoms with E-state index in [1.807, 2.05) is 0 Å². The second kappa shape index (κ2) is 3.85. The molecule has 82 valence electrons. The summed E-state index contributed by atoms with van der Waals surface area (Å²) < 4.78 is 5.19. The second-order valence-corrected chi connectivity index (χ2v) is 3.60. The largest absolute Gasteiger partial charge is 0.507 e. The van der Waals surface area contributed by atoms with E-state index in [0.29, 0.717) is 16.7 Å². The van der Waals surface area contributed by atoms with Gasteiger partial charge in [-0.2, -0.15) is 0 Å². The summed E-state index contributed by atoms with van der Waals surface area (Å²) >= 11 is 0. The molecule has 0 fully saturated rings. The molecule has 0 aromatic heterocycles. The number of methoxy groups -OCH3 is 1. The van der Waals surface area contributed by atoms with Crippen molar-refractivity contribution >= 4 is 16.6 Å². The van der Waals surface area contributed by atoms with Crippen LogP contribution < -0.4 is 4.74 Å². The van der Waals surface area contributed by atoms with Crippen LogP contribution in [0.15, 0.2) is 30.3 Å². The van der Waals surface area contributed by atoms with E-state index in [-0.39, 0.29) is 11.5 Å². The number of benzene rings is 2. The summed E-state index contributed by atoms with van der Waals surface area (Å²) in [4.78, 5) is 11.3. The first kappa shape index (κ1) is 10.5. The van der Waals surface area contributed by atoms with E-state index >= 15 is 0 Å². The molecule has 2 aromatic carbocycles. The Hall–Kier alpha value is -2.03. The van der Waals surface area contributed by atoms with Crippen molar-refractivity contribution in [2.45, 2.75) is 6.92 Å². The molecular formula is C13H12O3. The maximum Gasteiger partial charge on any atom is 0.159 e. The van der Waals surface area contributed by atoms with Crippen LogP contribution in [0.1, 0.15) is 17.3 Å². The van der Waals surface area contributed by atoms with Crippen LogP contribution in [0, 0.1) is 0 Å². The molecule has 0 unspecified atom stereocenters. The molecule has 2 aromatic rings. The number of hydrogen-bond donors (Lipinski definition) is 1.